The number of likely N-dealkylation sites (tertiary alicyclic amines) is 1. The Kier molecular flexibility index (Phi) is 3.46. The third-order valence-electron chi connectivity index (χ3n) is 3.45. The van der Waals surface area contributed by atoms with Crippen molar-refractivity contribution in [2.24, 2.45) is 0 Å². The van der Waals surface area contributed by atoms with Crippen LogP contribution in [0.15, 0.2) is 30.5 Å². The Bertz CT molecular complexity index is 624. The zero-order valence-corrected chi connectivity index (χ0v) is 11.5. The van der Waals surface area contributed by atoms with Crippen molar-refractivity contribution in [1.82, 2.24) is 15.1 Å². The molecule has 1 saturated heterocycles. The molecule has 0 spiro atoms. The van der Waals surface area contributed by atoms with Gasteiger partial charge in [-0.2, -0.15) is 5.10 Å². The summed E-state index contributed by atoms with van der Waals surface area (Å²) in [5.41, 5.74) is 2.05. The highest BCUT2D eigenvalue weighted by atomic mass is 35.5. The number of nitrogens with one attached hydrogen (secondary N) is 1. The summed E-state index contributed by atoms with van der Waals surface area (Å²) in [6, 6.07) is 7.22. The number of β-amino-alcohol motifs (C(OH)–C–C–N with tert-alkyl or cyclic N) is 1. The van der Waals surface area contributed by atoms with E-state index in [4.69, 9.17) is 11.6 Å². The topological polar surface area (TPSA) is 69.2 Å². The normalized spacial score (nSPS) is 18.5. The number of amides is 1. The fourth-order valence-electron chi connectivity index (χ4n) is 2.38. The summed E-state index contributed by atoms with van der Waals surface area (Å²) in [4.78, 5) is 14.1. The Balaban J connectivity index is 1.90. The number of aromatic nitrogens is 2. The Morgan fingerprint density at radius 3 is 2.80 bits per heavy atom. The van der Waals surface area contributed by atoms with Gasteiger partial charge in [-0.15, -0.1) is 0 Å². The van der Waals surface area contributed by atoms with Gasteiger partial charge in [0.1, 0.15) is 0 Å². The number of rotatable bonds is 2. The lowest BCUT2D eigenvalue weighted by Gasteiger charge is -2.15. The number of hydrogen-bond acceptors (Lipinski definition) is 3. The smallest absolute Gasteiger partial charge is 0.257 e. The number of aliphatic hydroxyl groups excluding tert-OH is 1. The van der Waals surface area contributed by atoms with Crippen molar-refractivity contribution < 1.29 is 9.90 Å². The van der Waals surface area contributed by atoms with Gasteiger partial charge in [0.25, 0.3) is 5.91 Å². The molecule has 1 aliphatic heterocycles. The predicted octanol–water partition coefficient (Wildman–Crippen LogP) is 1.94. The number of halogens is 1. The molecule has 1 atom stereocenters. The van der Waals surface area contributed by atoms with Gasteiger partial charge in [-0.3, -0.25) is 9.89 Å². The summed E-state index contributed by atoms with van der Waals surface area (Å²) in [7, 11) is 0. The second-order valence-corrected chi connectivity index (χ2v) is 5.30. The molecule has 0 aliphatic carbocycles. The molecule has 6 heteroatoms. The molecule has 1 aromatic heterocycles. The minimum Gasteiger partial charge on any atom is -0.391 e. The molecule has 104 valence electrons. The van der Waals surface area contributed by atoms with E-state index in [9.17, 15) is 9.90 Å². The SMILES string of the molecule is O=C(c1cn[nH]c1-c1ccc(Cl)cc1)N1CC[C@H](O)C1. The Morgan fingerprint density at radius 2 is 2.15 bits per heavy atom. The Hall–Kier alpha value is -1.85. The Labute approximate surface area is 121 Å². The van der Waals surface area contributed by atoms with Crippen LogP contribution in [0.5, 0.6) is 0 Å². The molecule has 2 heterocycles. The van der Waals surface area contributed by atoms with Crippen LogP contribution in [0.2, 0.25) is 5.02 Å². The number of carbonyl (C=O) groups excluding carboxylic acids is 1. The molecule has 20 heavy (non-hydrogen) atoms. The van der Waals surface area contributed by atoms with Gasteiger partial charge in [0, 0.05) is 23.7 Å². The van der Waals surface area contributed by atoms with Crippen LogP contribution in [0.3, 0.4) is 0 Å². The van der Waals surface area contributed by atoms with Gasteiger partial charge in [-0.25, -0.2) is 0 Å². The number of carbonyl (C=O) groups is 1. The lowest BCUT2D eigenvalue weighted by Crippen LogP contribution is -2.29. The molecule has 0 saturated carbocycles. The third-order valence-corrected chi connectivity index (χ3v) is 3.71. The lowest BCUT2D eigenvalue weighted by molar-refractivity contribution is 0.0766. The highest BCUT2D eigenvalue weighted by Crippen LogP contribution is 2.25. The maximum Gasteiger partial charge on any atom is 0.257 e. The first-order valence-corrected chi connectivity index (χ1v) is 6.79. The van der Waals surface area contributed by atoms with Crippen LogP contribution in [0.1, 0.15) is 16.8 Å². The minimum absolute atomic E-state index is 0.111. The monoisotopic (exact) mass is 291 g/mol. The average molecular weight is 292 g/mol. The minimum atomic E-state index is -0.426. The van der Waals surface area contributed by atoms with Gasteiger partial charge < -0.3 is 10.0 Å². The first kappa shape index (κ1) is 13.1. The van der Waals surface area contributed by atoms with E-state index in [0.717, 1.165) is 5.56 Å². The van der Waals surface area contributed by atoms with Crippen molar-refractivity contribution in [3.05, 3.63) is 41.0 Å². The average Bonchev–Trinajstić information content (AvgIpc) is 3.07. The fraction of sp³-hybridized carbons (Fsp3) is 0.286. The van der Waals surface area contributed by atoms with Crippen molar-refractivity contribution in [3.8, 4) is 11.3 Å². The number of hydrogen-bond donors (Lipinski definition) is 2. The van der Waals surface area contributed by atoms with Crippen molar-refractivity contribution in [1.29, 1.82) is 0 Å². The lowest BCUT2D eigenvalue weighted by atomic mass is 10.1. The van der Waals surface area contributed by atoms with E-state index in [1.807, 2.05) is 12.1 Å². The maximum absolute atomic E-state index is 12.4. The van der Waals surface area contributed by atoms with Gasteiger partial charge >= 0.3 is 0 Å². The molecule has 1 amide bonds. The summed E-state index contributed by atoms with van der Waals surface area (Å²) < 4.78 is 0. The quantitative estimate of drug-likeness (QED) is 0.888. The first-order chi connectivity index (χ1) is 9.65. The summed E-state index contributed by atoms with van der Waals surface area (Å²) >= 11 is 5.87. The van der Waals surface area contributed by atoms with E-state index >= 15 is 0 Å². The van der Waals surface area contributed by atoms with E-state index in [1.165, 1.54) is 6.20 Å². The van der Waals surface area contributed by atoms with Crippen LogP contribution in [0, 0.1) is 0 Å². The highest BCUT2D eigenvalue weighted by Gasteiger charge is 2.27. The largest absolute Gasteiger partial charge is 0.391 e. The number of benzene rings is 1. The molecule has 5 nitrogen and oxygen atoms in total. The van der Waals surface area contributed by atoms with Crippen LogP contribution < -0.4 is 0 Å². The maximum atomic E-state index is 12.4. The second-order valence-electron chi connectivity index (χ2n) is 4.86. The molecule has 0 bridgehead atoms. The highest BCUT2D eigenvalue weighted by molar-refractivity contribution is 6.30. The van der Waals surface area contributed by atoms with E-state index in [0.29, 0.717) is 35.8 Å². The van der Waals surface area contributed by atoms with Crippen LogP contribution in [-0.2, 0) is 0 Å². The first-order valence-electron chi connectivity index (χ1n) is 6.42. The van der Waals surface area contributed by atoms with Gasteiger partial charge in [0.2, 0.25) is 0 Å². The second kappa shape index (κ2) is 5.26. The van der Waals surface area contributed by atoms with Crippen molar-refractivity contribution in [3.63, 3.8) is 0 Å². The number of H-pyrrole nitrogens is 1. The molecular formula is C14H14ClN3O2. The number of nitrogens with zero attached hydrogens (tertiary/aromatic N) is 2. The summed E-state index contributed by atoms with van der Waals surface area (Å²) in [5, 5.41) is 17.0. The molecule has 0 radical (unpaired) electrons. The van der Waals surface area contributed by atoms with Crippen molar-refractivity contribution >= 4 is 17.5 Å². The molecule has 0 unspecified atom stereocenters. The van der Waals surface area contributed by atoms with Crippen LogP contribution in [0.4, 0.5) is 0 Å². The summed E-state index contributed by atoms with van der Waals surface area (Å²) in [5.74, 6) is -0.111. The molecule has 2 aromatic rings. The molecule has 1 aliphatic rings. The summed E-state index contributed by atoms with van der Waals surface area (Å²) in [6.45, 7) is 0.954. The molecule has 1 aromatic carbocycles. The molecule has 3 rings (SSSR count). The van der Waals surface area contributed by atoms with E-state index < -0.39 is 6.10 Å². The van der Waals surface area contributed by atoms with E-state index in [-0.39, 0.29) is 5.91 Å². The van der Waals surface area contributed by atoms with Crippen LogP contribution >= 0.6 is 11.6 Å². The van der Waals surface area contributed by atoms with Gasteiger partial charge in [-0.05, 0) is 18.6 Å². The zero-order chi connectivity index (χ0) is 14.1. The zero-order valence-electron chi connectivity index (χ0n) is 10.7. The standard InChI is InChI=1S/C14H14ClN3O2/c15-10-3-1-9(2-4-10)13-12(7-16-17-13)14(20)18-6-5-11(19)8-18/h1-4,7,11,19H,5-6,8H2,(H,16,17)/t11-/m0/s1. The number of aliphatic hydroxyl groups is 1. The van der Waals surface area contributed by atoms with E-state index in [1.54, 1.807) is 17.0 Å². The Morgan fingerprint density at radius 1 is 1.40 bits per heavy atom. The van der Waals surface area contributed by atoms with Gasteiger partial charge in [-0.1, -0.05) is 23.7 Å². The summed E-state index contributed by atoms with van der Waals surface area (Å²) in [6.07, 6.45) is 1.72. The molecule has 1 fully saturated rings. The van der Waals surface area contributed by atoms with Crippen LogP contribution in [-0.4, -0.2) is 45.3 Å². The van der Waals surface area contributed by atoms with Crippen molar-refractivity contribution in [2.45, 2.75) is 12.5 Å². The van der Waals surface area contributed by atoms with Crippen LogP contribution in [0.25, 0.3) is 11.3 Å². The molecule has 2 N–H and O–H groups in total. The predicted molar refractivity (Wildman–Crippen MR) is 75.6 cm³/mol. The number of aromatic amines is 1. The van der Waals surface area contributed by atoms with E-state index in [2.05, 4.69) is 10.2 Å². The molecular weight excluding hydrogens is 278 g/mol. The fourth-order valence-corrected chi connectivity index (χ4v) is 2.51. The van der Waals surface area contributed by atoms with Crippen molar-refractivity contribution in [2.75, 3.05) is 13.1 Å². The van der Waals surface area contributed by atoms with Gasteiger partial charge in [0.15, 0.2) is 0 Å². The van der Waals surface area contributed by atoms with Gasteiger partial charge in [0.05, 0.1) is 23.6 Å². The third kappa shape index (κ3) is 2.42.